The number of carboxylic acids is 1. The van der Waals surface area contributed by atoms with Crippen LogP contribution in [-0.4, -0.2) is 20.6 Å². The molecule has 0 aliphatic heterocycles. The highest BCUT2D eigenvalue weighted by molar-refractivity contribution is 5.72. The summed E-state index contributed by atoms with van der Waals surface area (Å²) in [6.07, 6.45) is 4.77. The molecule has 0 saturated heterocycles. The van der Waals surface area contributed by atoms with Crippen molar-refractivity contribution in [2.45, 2.75) is 19.9 Å². The predicted molar refractivity (Wildman–Crippen MR) is 43.7 cm³/mol. The lowest BCUT2D eigenvalue weighted by molar-refractivity contribution is -0.142. The Hall–Kier alpha value is -1.32. The largest absolute Gasteiger partial charge is 0.480 e. The molecule has 1 aromatic rings. The fourth-order valence-corrected chi connectivity index (χ4v) is 1.19. The third-order valence-electron chi connectivity index (χ3n) is 1.73. The number of aliphatic carboxylic acids is 1. The summed E-state index contributed by atoms with van der Waals surface area (Å²) >= 11 is 0. The van der Waals surface area contributed by atoms with Gasteiger partial charge in [-0.05, 0) is 5.92 Å². The average Bonchev–Trinajstić information content (AvgIpc) is 2.37. The van der Waals surface area contributed by atoms with Crippen LogP contribution in [0.25, 0.3) is 0 Å². The molecule has 1 rings (SSSR count). The van der Waals surface area contributed by atoms with Crippen LogP contribution < -0.4 is 0 Å². The van der Waals surface area contributed by atoms with Crippen molar-refractivity contribution >= 4 is 5.97 Å². The van der Waals surface area contributed by atoms with Crippen LogP contribution in [-0.2, 0) is 4.79 Å². The number of hydrogen-bond donors (Lipinski definition) is 1. The first-order valence-electron chi connectivity index (χ1n) is 3.83. The topological polar surface area (TPSA) is 55.1 Å². The van der Waals surface area contributed by atoms with E-state index >= 15 is 0 Å². The van der Waals surface area contributed by atoms with Gasteiger partial charge in [-0.15, -0.1) is 0 Å². The Morgan fingerprint density at radius 1 is 1.58 bits per heavy atom. The quantitative estimate of drug-likeness (QED) is 0.736. The molecule has 4 heteroatoms. The highest BCUT2D eigenvalue weighted by Gasteiger charge is 2.22. The van der Waals surface area contributed by atoms with Crippen LogP contribution in [0.1, 0.15) is 19.9 Å². The Morgan fingerprint density at radius 3 is 2.58 bits per heavy atom. The zero-order chi connectivity index (χ0) is 9.14. The zero-order valence-electron chi connectivity index (χ0n) is 7.14. The van der Waals surface area contributed by atoms with E-state index in [0.29, 0.717) is 0 Å². The van der Waals surface area contributed by atoms with E-state index < -0.39 is 12.0 Å². The Kier molecular flexibility index (Phi) is 2.47. The molecule has 1 N–H and O–H groups in total. The minimum atomic E-state index is -0.817. The Labute approximate surface area is 70.9 Å². The molecule has 0 amide bonds. The number of aromatic nitrogens is 2. The van der Waals surface area contributed by atoms with Gasteiger partial charge in [0.25, 0.3) is 0 Å². The summed E-state index contributed by atoms with van der Waals surface area (Å²) in [4.78, 5) is 14.6. The number of nitrogens with zero attached hydrogens (tertiary/aromatic N) is 2. The van der Waals surface area contributed by atoms with Crippen LogP contribution in [0.5, 0.6) is 0 Å². The number of carboxylic acid groups (broad SMARTS) is 1. The Balaban J connectivity index is 2.88. The van der Waals surface area contributed by atoms with Crippen molar-refractivity contribution in [3.63, 3.8) is 0 Å². The van der Waals surface area contributed by atoms with E-state index in [4.69, 9.17) is 5.11 Å². The SMILES string of the molecule is CC(C)C(C(=O)O)n1ccnc1. The van der Waals surface area contributed by atoms with Crippen molar-refractivity contribution in [1.29, 1.82) is 0 Å². The molecule has 4 nitrogen and oxygen atoms in total. The molecule has 1 unspecified atom stereocenters. The minimum absolute atomic E-state index is 0.0664. The number of imidazole rings is 1. The van der Waals surface area contributed by atoms with Crippen LogP contribution in [0.4, 0.5) is 0 Å². The number of carbonyl (C=O) groups is 1. The minimum Gasteiger partial charge on any atom is -0.480 e. The number of rotatable bonds is 3. The van der Waals surface area contributed by atoms with E-state index in [1.165, 1.54) is 6.33 Å². The molecule has 0 saturated carbocycles. The standard InChI is InChI=1S/C8H12N2O2/c1-6(2)7(8(11)12)10-4-3-9-5-10/h3-7H,1-2H3,(H,11,12). The summed E-state index contributed by atoms with van der Waals surface area (Å²) in [5.74, 6) is -0.750. The van der Waals surface area contributed by atoms with Gasteiger partial charge in [0.05, 0.1) is 6.33 Å². The lowest BCUT2D eigenvalue weighted by Crippen LogP contribution is -2.22. The van der Waals surface area contributed by atoms with Crippen molar-refractivity contribution < 1.29 is 9.90 Å². The molecule has 0 aliphatic rings. The highest BCUT2D eigenvalue weighted by Crippen LogP contribution is 2.16. The first kappa shape index (κ1) is 8.77. The van der Waals surface area contributed by atoms with Gasteiger partial charge in [0.1, 0.15) is 6.04 Å². The maximum absolute atomic E-state index is 10.8. The number of hydrogen-bond acceptors (Lipinski definition) is 2. The molecule has 1 heterocycles. The summed E-state index contributed by atoms with van der Waals surface area (Å²) in [6.45, 7) is 3.75. The summed E-state index contributed by atoms with van der Waals surface area (Å²) in [7, 11) is 0. The fraction of sp³-hybridized carbons (Fsp3) is 0.500. The molecule has 0 bridgehead atoms. The smallest absolute Gasteiger partial charge is 0.326 e. The van der Waals surface area contributed by atoms with Crippen molar-refractivity contribution in [3.05, 3.63) is 18.7 Å². The third kappa shape index (κ3) is 1.64. The summed E-state index contributed by atoms with van der Waals surface area (Å²) in [6, 6.07) is -0.507. The van der Waals surface area contributed by atoms with Crippen LogP contribution >= 0.6 is 0 Å². The van der Waals surface area contributed by atoms with Gasteiger partial charge in [-0.1, -0.05) is 13.8 Å². The summed E-state index contributed by atoms with van der Waals surface area (Å²) in [5, 5.41) is 8.87. The van der Waals surface area contributed by atoms with E-state index in [-0.39, 0.29) is 5.92 Å². The molecule has 0 aromatic carbocycles. The monoisotopic (exact) mass is 168 g/mol. The van der Waals surface area contributed by atoms with Crippen molar-refractivity contribution in [1.82, 2.24) is 9.55 Å². The van der Waals surface area contributed by atoms with E-state index in [1.807, 2.05) is 13.8 Å². The predicted octanol–water partition coefficient (Wildman–Crippen LogP) is 1.16. The Bertz CT molecular complexity index is 254. The maximum Gasteiger partial charge on any atom is 0.326 e. The molecule has 0 spiro atoms. The second-order valence-corrected chi connectivity index (χ2v) is 3.04. The van der Waals surface area contributed by atoms with Gasteiger partial charge in [0.2, 0.25) is 0 Å². The van der Waals surface area contributed by atoms with Gasteiger partial charge in [-0.3, -0.25) is 0 Å². The van der Waals surface area contributed by atoms with Crippen LogP contribution in [0.2, 0.25) is 0 Å². The zero-order valence-corrected chi connectivity index (χ0v) is 7.14. The van der Waals surface area contributed by atoms with Gasteiger partial charge < -0.3 is 9.67 Å². The van der Waals surface area contributed by atoms with Gasteiger partial charge in [0.15, 0.2) is 0 Å². The summed E-state index contributed by atoms with van der Waals surface area (Å²) < 4.78 is 1.60. The molecule has 66 valence electrons. The first-order valence-corrected chi connectivity index (χ1v) is 3.83. The van der Waals surface area contributed by atoms with Crippen LogP contribution in [0, 0.1) is 5.92 Å². The summed E-state index contributed by atoms with van der Waals surface area (Å²) in [5.41, 5.74) is 0. The van der Waals surface area contributed by atoms with E-state index in [1.54, 1.807) is 17.0 Å². The van der Waals surface area contributed by atoms with E-state index in [0.717, 1.165) is 0 Å². The maximum atomic E-state index is 10.8. The van der Waals surface area contributed by atoms with Crippen LogP contribution in [0.3, 0.4) is 0 Å². The molecular weight excluding hydrogens is 156 g/mol. The molecule has 0 fully saturated rings. The molecule has 0 aliphatic carbocycles. The van der Waals surface area contributed by atoms with Gasteiger partial charge in [-0.2, -0.15) is 0 Å². The second-order valence-electron chi connectivity index (χ2n) is 3.04. The van der Waals surface area contributed by atoms with Gasteiger partial charge >= 0.3 is 5.97 Å². The average molecular weight is 168 g/mol. The normalized spacial score (nSPS) is 13.2. The lowest BCUT2D eigenvalue weighted by Gasteiger charge is -2.16. The van der Waals surface area contributed by atoms with Gasteiger partial charge in [-0.25, -0.2) is 9.78 Å². The molecule has 12 heavy (non-hydrogen) atoms. The van der Waals surface area contributed by atoms with Crippen molar-refractivity contribution in [3.8, 4) is 0 Å². The molecular formula is C8H12N2O2. The Morgan fingerprint density at radius 2 is 2.25 bits per heavy atom. The highest BCUT2D eigenvalue weighted by atomic mass is 16.4. The fourth-order valence-electron chi connectivity index (χ4n) is 1.19. The first-order chi connectivity index (χ1) is 5.63. The molecule has 1 atom stereocenters. The van der Waals surface area contributed by atoms with Crippen LogP contribution in [0.15, 0.2) is 18.7 Å². The lowest BCUT2D eigenvalue weighted by atomic mass is 10.1. The van der Waals surface area contributed by atoms with Crippen molar-refractivity contribution in [2.75, 3.05) is 0 Å². The van der Waals surface area contributed by atoms with E-state index in [2.05, 4.69) is 4.98 Å². The second kappa shape index (κ2) is 3.38. The molecule has 1 aromatic heterocycles. The third-order valence-corrected chi connectivity index (χ3v) is 1.73. The van der Waals surface area contributed by atoms with Crippen molar-refractivity contribution in [2.24, 2.45) is 5.92 Å². The van der Waals surface area contributed by atoms with E-state index in [9.17, 15) is 4.79 Å². The molecule has 0 radical (unpaired) electrons. The van der Waals surface area contributed by atoms with Gasteiger partial charge in [0, 0.05) is 12.4 Å².